The maximum atomic E-state index is 12.2. The Hall–Kier alpha value is -3.09. The average Bonchev–Trinajstić information content (AvgIpc) is 2.59. The Morgan fingerprint density at radius 2 is 1.87 bits per heavy atom. The fourth-order valence-corrected chi connectivity index (χ4v) is 1.94. The number of nitrogens with zero attached hydrogens (tertiary/aromatic N) is 1. The number of hydrogen-bond acceptors (Lipinski definition) is 6. The Balaban J connectivity index is 2.11. The molecular formula is C16H15NO6. The molecule has 23 heavy (non-hydrogen) atoms. The highest BCUT2D eigenvalue weighted by Gasteiger charge is 2.15. The van der Waals surface area contributed by atoms with E-state index < -0.39 is 4.92 Å². The van der Waals surface area contributed by atoms with Gasteiger partial charge in [0.15, 0.2) is 6.61 Å². The second-order valence-corrected chi connectivity index (χ2v) is 4.53. The van der Waals surface area contributed by atoms with Crippen molar-refractivity contribution in [2.24, 2.45) is 0 Å². The number of nitro benzene ring substituents is 1. The predicted molar refractivity (Wildman–Crippen MR) is 82.5 cm³/mol. The molecule has 120 valence electrons. The van der Waals surface area contributed by atoms with Crippen molar-refractivity contribution in [1.29, 1.82) is 0 Å². The number of ether oxygens (including phenoxy) is 3. The quantitative estimate of drug-likeness (QED) is 0.443. The summed E-state index contributed by atoms with van der Waals surface area (Å²) in [5, 5.41) is 10.7. The topological polar surface area (TPSA) is 87.9 Å². The molecule has 0 radical (unpaired) electrons. The Kier molecular flexibility index (Phi) is 5.14. The van der Waals surface area contributed by atoms with Crippen molar-refractivity contribution in [2.75, 3.05) is 20.8 Å². The molecule has 2 aromatic carbocycles. The summed E-state index contributed by atoms with van der Waals surface area (Å²) in [6, 6.07) is 10.5. The van der Waals surface area contributed by atoms with Gasteiger partial charge in [-0.1, -0.05) is 6.07 Å². The van der Waals surface area contributed by atoms with Crippen LogP contribution in [0, 0.1) is 10.1 Å². The molecule has 0 fully saturated rings. The molecule has 0 spiro atoms. The van der Waals surface area contributed by atoms with Crippen molar-refractivity contribution >= 4 is 11.5 Å². The third-order valence-electron chi connectivity index (χ3n) is 3.11. The Bertz CT molecular complexity index is 728. The second-order valence-electron chi connectivity index (χ2n) is 4.53. The highest BCUT2D eigenvalue weighted by molar-refractivity contribution is 6.00. The summed E-state index contributed by atoms with van der Waals surface area (Å²) in [7, 11) is 2.97. The number of Topliss-reactive ketones (excluding diaryl/α,β-unsaturated/α-hetero) is 1. The summed E-state index contributed by atoms with van der Waals surface area (Å²) < 4.78 is 15.6. The monoisotopic (exact) mass is 317 g/mol. The Morgan fingerprint density at radius 3 is 2.52 bits per heavy atom. The predicted octanol–water partition coefficient (Wildman–Crippen LogP) is 2.87. The number of methoxy groups -OCH3 is 2. The van der Waals surface area contributed by atoms with Gasteiger partial charge in [-0.15, -0.1) is 0 Å². The molecule has 0 atom stereocenters. The molecule has 0 aliphatic carbocycles. The molecule has 0 aliphatic rings. The second kappa shape index (κ2) is 7.26. The van der Waals surface area contributed by atoms with Gasteiger partial charge in [0.05, 0.1) is 30.8 Å². The van der Waals surface area contributed by atoms with Gasteiger partial charge in [0.25, 0.3) is 5.69 Å². The number of non-ortho nitro benzene ring substituents is 1. The van der Waals surface area contributed by atoms with Crippen molar-refractivity contribution in [1.82, 2.24) is 0 Å². The van der Waals surface area contributed by atoms with Crippen LogP contribution in [0.5, 0.6) is 17.2 Å². The lowest BCUT2D eigenvalue weighted by molar-refractivity contribution is -0.384. The summed E-state index contributed by atoms with van der Waals surface area (Å²) in [4.78, 5) is 22.4. The normalized spacial score (nSPS) is 10.0. The Labute approximate surface area is 132 Å². The summed E-state index contributed by atoms with van der Waals surface area (Å²) in [6.45, 7) is -0.260. The summed E-state index contributed by atoms with van der Waals surface area (Å²) >= 11 is 0. The number of rotatable bonds is 7. The van der Waals surface area contributed by atoms with Gasteiger partial charge < -0.3 is 14.2 Å². The van der Waals surface area contributed by atoms with Crippen molar-refractivity contribution in [3.8, 4) is 17.2 Å². The van der Waals surface area contributed by atoms with Crippen LogP contribution < -0.4 is 14.2 Å². The lowest BCUT2D eigenvalue weighted by Gasteiger charge is -2.10. The lowest BCUT2D eigenvalue weighted by Crippen LogP contribution is -2.13. The fraction of sp³-hybridized carbons (Fsp3) is 0.188. The van der Waals surface area contributed by atoms with E-state index in [2.05, 4.69) is 0 Å². The first kappa shape index (κ1) is 16.3. The van der Waals surface area contributed by atoms with Crippen LogP contribution in [0.15, 0.2) is 42.5 Å². The molecule has 0 aliphatic heterocycles. The largest absolute Gasteiger partial charge is 0.497 e. The van der Waals surface area contributed by atoms with Gasteiger partial charge in [0, 0.05) is 12.1 Å². The number of carbonyl (C=O) groups is 1. The number of benzene rings is 2. The first-order chi connectivity index (χ1) is 11.0. The van der Waals surface area contributed by atoms with Gasteiger partial charge in [-0.3, -0.25) is 14.9 Å². The summed E-state index contributed by atoms with van der Waals surface area (Å²) in [6.07, 6.45) is 0. The van der Waals surface area contributed by atoms with E-state index in [4.69, 9.17) is 14.2 Å². The van der Waals surface area contributed by atoms with Crippen molar-refractivity contribution in [2.45, 2.75) is 0 Å². The van der Waals surface area contributed by atoms with Crippen LogP contribution >= 0.6 is 0 Å². The van der Waals surface area contributed by atoms with Gasteiger partial charge in [-0.25, -0.2) is 0 Å². The molecule has 2 aromatic rings. The maximum absolute atomic E-state index is 12.2. The van der Waals surface area contributed by atoms with E-state index in [9.17, 15) is 14.9 Å². The van der Waals surface area contributed by atoms with Crippen molar-refractivity contribution in [3.05, 3.63) is 58.1 Å². The van der Waals surface area contributed by atoms with Gasteiger partial charge >= 0.3 is 0 Å². The molecule has 0 unspecified atom stereocenters. The molecule has 0 saturated heterocycles. The molecule has 0 heterocycles. The van der Waals surface area contributed by atoms with E-state index in [0.29, 0.717) is 17.1 Å². The number of nitro groups is 1. The van der Waals surface area contributed by atoms with Crippen LogP contribution in [0.1, 0.15) is 10.4 Å². The SMILES string of the molecule is COc1ccc(C(=O)COc2cccc([N+](=O)[O-])c2)c(OC)c1. The minimum atomic E-state index is -0.527. The highest BCUT2D eigenvalue weighted by Crippen LogP contribution is 2.25. The van der Waals surface area contributed by atoms with Crippen LogP contribution in [0.4, 0.5) is 5.69 Å². The van der Waals surface area contributed by atoms with Crippen LogP contribution in [-0.4, -0.2) is 31.5 Å². The summed E-state index contributed by atoms with van der Waals surface area (Å²) in [5.74, 6) is 0.881. The molecule has 0 saturated carbocycles. The van der Waals surface area contributed by atoms with E-state index in [1.807, 2.05) is 0 Å². The van der Waals surface area contributed by atoms with E-state index in [0.717, 1.165) is 0 Å². The van der Waals surface area contributed by atoms with E-state index in [1.54, 1.807) is 24.3 Å². The maximum Gasteiger partial charge on any atom is 0.273 e. The molecule has 0 N–H and O–H groups in total. The molecule has 2 rings (SSSR count). The zero-order valence-electron chi connectivity index (χ0n) is 12.6. The highest BCUT2D eigenvalue weighted by atomic mass is 16.6. The van der Waals surface area contributed by atoms with Crippen molar-refractivity contribution in [3.63, 3.8) is 0 Å². The minimum Gasteiger partial charge on any atom is -0.497 e. The first-order valence-electron chi connectivity index (χ1n) is 6.67. The standard InChI is InChI=1S/C16H15NO6/c1-21-12-6-7-14(16(9-12)22-2)15(18)10-23-13-5-3-4-11(8-13)17(19)20/h3-9H,10H2,1-2H3. The molecule has 7 nitrogen and oxygen atoms in total. The van der Waals surface area contributed by atoms with E-state index >= 15 is 0 Å². The smallest absolute Gasteiger partial charge is 0.273 e. The number of ketones is 1. The molecule has 0 aromatic heterocycles. The van der Waals surface area contributed by atoms with Gasteiger partial charge in [-0.2, -0.15) is 0 Å². The van der Waals surface area contributed by atoms with Crippen LogP contribution in [0.25, 0.3) is 0 Å². The first-order valence-corrected chi connectivity index (χ1v) is 6.67. The number of hydrogen-bond donors (Lipinski definition) is 0. The zero-order chi connectivity index (χ0) is 16.8. The van der Waals surface area contributed by atoms with Crippen LogP contribution in [0.2, 0.25) is 0 Å². The third-order valence-corrected chi connectivity index (χ3v) is 3.11. The van der Waals surface area contributed by atoms with Crippen LogP contribution in [0.3, 0.4) is 0 Å². The molecular weight excluding hydrogens is 302 g/mol. The molecule has 7 heteroatoms. The molecule has 0 bridgehead atoms. The average molecular weight is 317 g/mol. The fourth-order valence-electron chi connectivity index (χ4n) is 1.94. The van der Waals surface area contributed by atoms with Crippen LogP contribution in [-0.2, 0) is 0 Å². The third kappa shape index (κ3) is 3.97. The lowest BCUT2D eigenvalue weighted by atomic mass is 10.1. The van der Waals surface area contributed by atoms with Crippen molar-refractivity contribution < 1.29 is 23.9 Å². The minimum absolute atomic E-state index is 0.100. The van der Waals surface area contributed by atoms with Gasteiger partial charge in [0.1, 0.15) is 17.2 Å². The number of carbonyl (C=O) groups excluding carboxylic acids is 1. The molecule has 0 amide bonds. The Morgan fingerprint density at radius 1 is 1.09 bits per heavy atom. The van der Waals surface area contributed by atoms with Gasteiger partial charge in [-0.05, 0) is 18.2 Å². The van der Waals surface area contributed by atoms with Gasteiger partial charge in [0.2, 0.25) is 5.78 Å². The zero-order valence-corrected chi connectivity index (χ0v) is 12.6. The van der Waals surface area contributed by atoms with E-state index in [-0.39, 0.29) is 23.8 Å². The van der Waals surface area contributed by atoms with E-state index in [1.165, 1.54) is 32.4 Å². The summed E-state index contributed by atoms with van der Waals surface area (Å²) in [5.41, 5.74) is 0.246.